The van der Waals surface area contributed by atoms with Crippen LogP contribution in [0.1, 0.15) is 62.1 Å². The van der Waals surface area contributed by atoms with Crippen LogP contribution in [-0.4, -0.2) is 41.9 Å². The summed E-state index contributed by atoms with van der Waals surface area (Å²) in [6.45, 7) is 6.40. The Morgan fingerprint density at radius 2 is 1.70 bits per heavy atom. The maximum atomic E-state index is 13.3. The summed E-state index contributed by atoms with van der Waals surface area (Å²) < 4.78 is 5.86. The molecule has 1 saturated carbocycles. The highest BCUT2D eigenvalue weighted by Gasteiger charge is 2.30. The number of carbonyl (C=O) groups excluding carboxylic acids is 2. The highest BCUT2D eigenvalue weighted by Crippen LogP contribution is 2.19. The molecule has 0 spiro atoms. The lowest BCUT2D eigenvalue weighted by Gasteiger charge is -2.32. The van der Waals surface area contributed by atoms with E-state index in [1.54, 1.807) is 4.90 Å². The molecule has 1 aliphatic rings. The van der Waals surface area contributed by atoms with Crippen molar-refractivity contribution < 1.29 is 14.3 Å². The zero-order valence-electron chi connectivity index (χ0n) is 20.3. The van der Waals surface area contributed by atoms with E-state index < -0.39 is 6.04 Å². The van der Waals surface area contributed by atoms with Crippen molar-refractivity contribution in [1.29, 1.82) is 0 Å². The summed E-state index contributed by atoms with van der Waals surface area (Å²) in [4.78, 5) is 28.3. The van der Waals surface area contributed by atoms with E-state index in [-0.39, 0.29) is 24.5 Å². The van der Waals surface area contributed by atoms with E-state index in [1.165, 1.54) is 6.42 Å². The second-order valence-electron chi connectivity index (χ2n) is 9.20. The lowest BCUT2D eigenvalue weighted by Crippen LogP contribution is -2.53. The molecule has 0 aromatic heterocycles. The van der Waals surface area contributed by atoms with Gasteiger partial charge >= 0.3 is 0 Å². The molecule has 2 amide bonds. The molecule has 0 radical (unpaired) electrons. The SMILES string of the molecule is CC[C@@H](C(=O)NC1CCCCC1)N(CCc1ccccc1)C(=O)COc1cc(C)cc(C)c1. The van der Waals surface area contributed by atoms with Crippen LogP contribution in [0.2, 0.25) is 0 Å². The van der Waals surface area contributed by atoms with E-state index in [2.05, 4.69) is 23.5 Å². The van der Waals surface area contributed by atoms with Crippen molar-refractivity contribution in [2.75, 3.05) is 13.2 Å². The minimum atomic E-state index is -0.494. The first-order chi connectivity index (χ1) is 16.0. The fourth-order valence-corrected chi connectivity index (χ4v) is 4.68. The molecule has 0 aliphatic heterocycles. The van der Waals surface area contributed by atoms with E-state index in [1.807, 2.05) is 51.1 Å². The summed E-state index contributed by atoms with van der Waals surface area (Å²) in [5.74, 6) is 0.483. The summed E-state index contributed by atoms with van der Waals surface area (Å²) in [7, 11) is 0. The van der Waals surface area contributed by atoms with Gasteiger partial charge in [-0.1, -0.05) is 62.6 Å². The molecule has 178 valence electrons. The molecular formula is C28H38N2O3. The van der Waals surface area contributed by atoms with Crippen LogP contribution in [0.4, 0.5) is 0 Å². The Labute approximate surface area is 198 Å². The van der Waals surface area contributed by atoms with E-state index in [9.17, 15) is 9.59 Å². The third-order valence-corrected chi connectivity index (χ3v) is 6.38. The van der Waals surface area contributed by atoms with Crippen molar-refractivity contribution in [3.63, 3.8) is 0 Å². The number of rotatable bonds is 10. The van der Waals surface area contributed by atoms with Crippen molar-refractivity contribution in [3.05, 3.63) is 65.2 Å². The number of benzene rings is 2. The fraction of sp³-hybridized carbons (Fsp3) is 0.500. The molecule has 0 saturated heterocycles. The molecule has 0 unspecified atom stereocenters. The first kappa shape index (κ1) is 24.8. The van der Waals surface area contributed by atoms with Crippen LogP contribution in [0.15, 0.2) is 48.5 Å². The number of aryl methyl sites for hydroxylation is 2. The summed E-state index contributed by atoms with van der Waals surface area (Å²) >= 11 is 0. The Hall–Kier alpha value is -2.82. The second kappa shape index (κ2) is 12.4. The van der Waals surface area contributed by atoms with Gasteiger partial charge in [0.1, 0.15) is 11.8 Å². The number of hydrogen-bond acceptors (Lipinski definition) is 3. The average Bonchev–Trinajstić information content (AvgIpc) is 2.81. The smallest absolute Gasteiger partial charge is 0.261 e. The first-order valence-electron chi connectivity index (χ1n) is 12.3. The lowest BCUT2D eigenvalue weighted by atomic mass is 9.95. The van der Waals surface area contributed by atoms with Crippen molar-refractivity contribution in [2.24, 2.45) is 0 Å². The van der Waals surface area contributed by atoms with Crippen LogP contribution in [0.5, 0.6) is 5.75 Å². The summed E-state index contributed by atoms with van der Waals surface area (Å²) in [6, 6.07) is 15.7. The molecule has 1 N–H and O–H groups in total. The number of nitrogens with zero attached hydrogens (tertiary/aromatic N) is 1. The second-order valence-corrected chi connectivity index (χ2v) is 9.20. The molecule has 0 bridgehead atoms. The van der Waals surface area contributed by atoms with Gasteiger partial charge in [0.2, 0.25) is 5.91 Å². The Kier molecular flexibility index (Phi) is 9.35. The van der Waals surface area contributed by atoms with Crippen LogP contribution >= 0.6 is 0 Å². The number of carbonyl (C=O) groups is 2. The van der Waals surface area contributed by atoms with Gasteiger partial charge in [-0.05, 0) is 68.4 Å². The number of nitrogens with one attached hydrogen (secondary N) is 1. The number of hydrogen-bond donors (Lipinski definition) is 1. The zero-order valence-corrected chi connectivity index (χ0v) is 20.3. The van der Waals surface area contributed by atoms with Crippen LogP contribution in [0.3, 0.4) is 0 Å². The van der Waals surface area contributed by atoms with Crippen LogP contribution < -0.4 is 10.1 Å². The minimum absolute atomic E-state index is 0.0442. The van der Waals surface area contributed by atoms with Crippen LogP contribution in [0, 0.1) is 13.8 Å². The van der Waals surface area contributed by atoms with E-state index in [0.29, 0.717) is 25.1 Å². The molecule has 5 heteroatoms. The average molecular weight is 451 g/mol. The Morgan fingerprint density at radius 1 is 1.03 bits per heavy atom. The molecule has 1 fully saturated rings. The fourth-order valence-electron chi connectivity index (χ4n) is 4.68. The summed E-state index contributed by atoms with van der Waals surface area (Å²) in [5.41, 5.74) is 3.33. The van der Waals surface area contributed by atoms with Gasteiger partial charge in [0.05, 0.1) is 0 Å². The van der Waals surface area contributed by atoms with E-state index in [0.717, 1.165) is 42.4 Å². The number of amides is 2. The molecule has 5 nitrogen and oxygen atoms in total. The molecule has 2 aromatic rings. The Balaban J connectivity index is 1.71. The van der Waals surface area contributed by atoms with E-state index in [4.69, 9.17) is 4.74 Å². The zero-order chi connectivity index (χ0) is 23.6. The first-order valence-corrected chi connectivity index (χ1v) is 12.3. The largest absolute Gasteiger partial charge is 0.484 e. The minimum Gasteiger partial charge on any atom is -0.484 e. The number of ether oxygens (including phenoxy) is 1. The lowest BCUT2D eigenvalue weighted by molar-refractivity contribution is -0.142. The van der Waals surface area contributed by atoms with Crippen molar-refractivity contribution in [3.8, 4) is 5.75 Å². The molecule has 3 rings (SSSR count). The summed E-state index contributed by atoms with van der Waals surface area (Å²) in [6.07, 6.45) is 6.86. The molecule has 0 heterocycles. The van der Waals surface area contributed by atoms with Crippen molar-refractivity contribution >= 4 is 11.8 Å². The predicted octanol–water partition coefficient (Wildman–Crippen LogP) is 4.98. The van der Waals surface area contributed by atoms with Gasteiger partial charge in [-0.3, -0.25) is 9.59 Å². The Bertz CT molecular complexity index is 886. The topological polar surface area (TPSA) is 58.6 Å². The predicted molar refractivity (Wildman–Crippen MR) is 132 cm³/mol. The van der Waals surface area contributed by atoms with Gasteiger partial charge in [-0.2, -0.15) is 0 Å². The maximum Gasteiger partial charge on any atom is 0.261 e. The molecular weight excluding hydrogens is 412 g/mol. The standard InChI is InChI=1S/C28H38N2O3/c1-4-26(28(32)29-24-13-9-6-10-14-24)30(16-15-23-11-7-5-8-12-23)27(31)20-33-25-18-21(2)17-22(3)19-25/h5,7-8,11-12,17-19,24,26H,4,6,9-10,13-16,20H2,1-3H3,(H,29,32)/t26-/m0/s1. The highest BCUT2D eigenvalue weighted by molar-refractivity contribution is 5.88. The van der Waals surface area contributed by atoms with Gasteiger partial charge in [0.25, 0.3) is 5.91 Å². The van der Waals surface area contributed by atoms with Crippen molar-refractivity contribution in [1.82, 2.24) is 10.2 Å². The van der Waals surface area contributed by atoms with Crippen LogP contribution in [0.25, 0.3) is 0 Å². The quantitative estimate of drug-likeness (QED) is 0.555. The molecule has 2 aromatic carbocycles. The summed E-state index contributed by atoms with van der Waals surface area (Å²) in [5, 5.41) is 3.22. The van der Waals surface area contributed by atoms with Crippen LogP contribution in [-0.2, 0) is 16.0 Å². The van der Waals surface area contributed by atoms with Gasteiger partial charge in [0.15, 0.2) is 6.61 Å². The van der Waals surface area contributed by atoms with E-state index >= 15 is 0 Å². The third-order valence-electron chi connectivity index (χ3n) is 6.38. The monoisotopic (exact) mass is 450 g/mol. The van der Waals surface area contributed by atoms with Crippen molar-refractivity contribution in [2.45, 2.75) is 77.8 Å². The highest BCUT2D eigenvalue weighted by atomic mass is 16.5. The van der Waals surface area contributed by atoms with Gasteiger partial charge in [-0.25, -0.2) is 0 Å². The third kappa shape index (κ3) is 7.62. The Morgan fingerprint density at radius 3 is 2.33 bits per heavy atom. The van der Waals surface area contributed by atoms with Gasteiger partial charge in [-0.15, -0.1) is 0 Å². The van der Waals surface area contributed by atoms with Gasteiger partial charge < -0.3 is 15.0 Å². The normalized spacial score (nSPS) is 15.0. The maximum absolute atomic E-state index is 13.3. The molecule has 1 aliphatic carbocycles. The van der Waals surface area contributed by atoms with Gasteiger partial charge in [0, 0.05) is 12.6 Å². The molecule has 33 heavy (non-hydrogen) atoms. The molecule has 1 atom stereocenters.